The van der Waals surface area contributed by atoms with E-state index in [0.29, 0.717) is 25.1 Å². The van der Waals surface area contributed by atoms with Crippen molar-refractivity contribution in [3.63, 3.8) is 0 Å². The molecule has 3 aromatic carbocycles. The summed E-state index contributed by atoms with van der Waals surface area (Å²) in [6.45, 7) is 4.87. The van der Waals surface area contributed by atoms with Gasteiger partial charge in [0.05, 0.1) is 6.42 Å². The number of hydrogen-bond acceptors (Lipinski definition) is 2. The quantitative estimate of drug-likeness (QED) is 0.484. The van der Waals surface area contributed by atoms with E-state index in [-0.39, 0.29) is 24.1 Å². The van der Waals surface area contributed by atoms with Crippen LogP contribution in [0, 0.1) is 12.7 Å². The van der Waals surface area contributed by atoms with Crippen LogP contribution in [0.25, 0.3) is 0 Å². The lowest BCUT2D eigenvalue weighted by molar-refractivity contribution is -0.140. The molecule has 1 atom stereocenters. The zero-order chi connectivity index (χ0) is 23.6. The van der Waals surface area contributed by atoms with E-state index in [1.807, 2.05) is 68.4 Å². The highest BCUT2D eigenvalue weighted by Gasteiger charge is 2.30. The maximum atomic E-state index is 13.5. The maximum Gasteiger partial charge on any atom is 0.243 e. The van der Waals surface area contributed by atoms with E-state index >= 15 is 0 Å². The third kappa shape index (κ3) is 7.28. The zero-order valence-electron chi connectivity index (χ0n) is 19.3. The van der Waals surface area contributed by atoms with Crippen molar-refractivity contribution in [3.05, 3.63) is 107 Å². The minimum Gasteiger partial charge on any atom is -0.354 e. The zero-order valence-corrected chi connectivity index (χ0v) is 19.3. The minimum absolute atomic E-state index is 0.0957. The van der Waals surface area contributed by atoms with Crippen LogP contribution in [-0.4, -0.2) is 29.3 Å². The second-order valence-electron chi connectivity index (χ2n) is 8.31. The van der Waals surface area contributed by atoms with Gasteiger partial charge < -0.3 is 10.2 Å². The summed E-state index contributed by atoms with van der Waals surface area (Å²) in [4.78, 5) is 28.5. The molecule has 3 aromatic rings. The maximum absolute atomic E-state index is 13.5. The molecule has 0 aliphatic carbocycles. The smallest absolute Gasteiger partial charge is 0.243 e. The predicted octanol–water partition coefficient (Wildman–Crippen LogP) is 4.84. The third-order valence-electron chi connectivity index (χ3n) is 5.52. The average molecular weight is 447 g/mol. The van der Waals surface area contributed by atoms with E-state index in [4.69, 9.17) is 0 Å². The van der Waals surface area contributed by atoms with Crippen LogP contribution >= 0.6 is 0 Å². The van der Waals surface area contributed by atoms with Gasteiger partial charge in [0.1, 0.15) is 11.9 Å². The average Bonchev–Trinajstić information content (AvgIpc) is 2.82. The normalized spacial score (nSPS) is 11.6. The number of rotatable bonds is 10. The van der Waals surface area contributed by atoms with Crippen molar-refractivity contribution in [1.82, 2.24) is 10.2 Å². The highest BCUT2D eigenvalue weighted by molar-refractivity contribution is 5.88. The summed E-state index contributed by atoms with van der Waals surface area (Å²) in [6.07, 6.45) is 1.32. The van der Waals surface area contributed by atoms with Crippen molar-refractivity contribution in [2.45, 2.75) is 45.7 Å². The predicted molar refractivity (Wildman–Crippen MR) is 129 cm³/mol. The van der Waals surface area contributed by atoms with Crippen LogP contribution < -0.4 is 5.32 Å². The van der Waals surface area contributed by atoms with Crippen molar-refractivity contribution in [2.24, 2.45) is 0 Å². The van der Waals surface area contributed by atoms with E-state index in [9.17, 15) is 14.0 Å². The molecular weight excluding hydrogens is 415 g/mol. The van der Waals surface area contributed by atoms with Crippen LogP contribution in [0.15, 0.2) is 78.9 Å². The van der Waals surface area contributed by atoms with Gasteiger partial charge >= 0.3 is 0 Å². The molecule has 3 rings (SSSR count). The number of amides is 2. The summed E-state index contributed by atoms with van der Waals surface area (Å²) in [5, 5.41) is 2.97. The molecule has 0 saturated heterocycles. The summed E-state index contributed by atoms with van der Waals surface area (Å²) < 4.78 is 13.4. The summed E-state index contributed by atoms with van der Waals surface area (Å²) >= 11 is 0. The summed E-state index contributed by atoms with van der Waals surface area (Å²) in [5.74, 6) is -0.680. The Kier molecular flexibility index (Phi) is 8.76. The van der Waals surface area contributed by atoms with E-state index in [1.165, 1.54) is 12.1 Å². The van der Waals surface area contributed by atoms with Crippen molar-refractivity contribution in [2.75, 3.05) is 6.54 Å². The van der Waals surface area contributed by atoms with Crippen molar-refractivity contribution >= 4 is 11.8 Å². The molecule has 0 aliphatic heterocycles. The SMILES string of the molecule is CCCNC(=O)C(Cc1ccccc1)N(Cc1cccc(C)c1)C(=O)Cc1ccc(F)cc1. The van der Waals surface area contributed by atoms with Crippen LogP contribution in [0.3, 0.4) is 0 Å². The second kappa shape index (κ2) is 12.0. The Bertz CT molecular complexity index is 1050. The van der Waals surface area contributed by atoms with Crippen LogP contribution in [0.4, 0.5) is 4.39 Å². The van der Waals surface area contributed by atoms with Gasteiger partial charge in [-0.1, -0.05) is 79.2 Å². The lowest BCUT2D eigenvalue weighted by atomic mass is 10.0. The molecule has 4 nitrogen and oxygen atoms in total. The Labute approximate surface area is 195 Å². The molecule has 0 spiro atoms. The molecule has 172 valence electrons. The Morgan fingerprint density at radius 2 is 1.61 bits per heavy atom. The van der Waals surface area contributed by atoms with Gasteiger partial charge in [0, 0.05) is 19.5 Å². The Balaban J connectivity index is 1.94. The first-order valence-electron chi connectivity index (χ1n) is 11.4. The minimum atomic E-state index is -0.660. The number of nitrogens with one attached hydrogen (secondary N) is 1. The Morgan fingerprint density at radius 3 is 2.27 bits per heavy atom. The van der Waals surface area contributed by atoms with Gasteiger partial charge in [-0.05, 0) is 42.2 Å². The molecule has 0 heterocycles. The van der Waals surface area contributed by atoms with Gasteiger partial charge in [0.2, 0.25) is 11.8 Å². The standard InChI is InChI=1S/C28H31FN2O2/c1-3-16-30-28(33)26(18-22-9-5-4-6-10-22)31(20-24-11-7-8-21(2)17-24)27(32)19-23-12-14-25(29)15-13-23/h4-15,17,26H,3,16,18-20H2,1-2H3,(H,30,33). The highest BCUT2D eigenvalue weighted by Crippen LogP contribution is 2.17. The van der Waals surface area contributed by atoms with Crippen molar-refractivity contribution in [1.29, 1.82) is 0 Å². The molecule has 1 unspecified atom stereocenters. The summed E-state index contributed by atoms with van der Waals surface area (Å²) in [5.41, 5.74) is 3.75. The van der Waals surface area contributed by atoms with Crippen LogP contribution in [0.2, 0.25) is 0 Å². The summed E-state index contributed by atoms with van der Waals surface area (Å²) in [7, 11) is 0. The third-order valence-corrected chi connectivity index (χ3v) is 5.52. The number of benzene rings is 3. The molecule has 33 heavy (non-hydrogen) atoms. The van der Waals surface area contributed by atoms with Gasteiger partial charge in [0.15, 0.2) is 0 Å². The second-order valence-corrected chi connectivity index (χ2v) is 8.31. The van der Waals surface area contributed by atoms with E-state index in [1.54, 1.807) is 17.0 Å². The van der Waals surface area contributed by atoms with Crippen molar-refractivity contribution in [3.8, 4) is 0 Å². The van der Waals surface area contributed by atoms with Gasteiger partial charge in [-0.15, -0.1) is 0 Å². The number of nitrogens with zero attached hydrogens (tertiary/aromatic N) is 1. The molecule has 0 saturated carbocycles. The molecule has 2 amide bonds. The molecule has 0 bridgehead atoms. The largest absolute Gasteiger partial charge is 0.354 e. The number of hydrogen-bond donors (Lipinski definition) is 1. The molecule has 0 radical (unpaired) electrons. The molecule has 1 N–H and O–H groups in total. The lowest BCUT2D eigenvalue weighted by Crippen LogP contribution is -2.51. The fourth-order valence-electron chi connectivity index (χ4n) is 3.81. The van der Waals surface area contributed by atoms with E-state index < -0.39 is 6.04 Å². The molecule has 0 aromatic heterocycles. The van der Waals surface area contributed by atoms with E-state index in [0.717, 1.165) is 23.1 Å². The molecular formula is C28H31FN2O2. The van der Waals surface area contributed by atoms with E-state index in [2.05, 4.69) is 5.32 Å². The first-order valence-corrected chi connectivity index (χ1v) is 11.4. The number of aryl methyl sites for hydroxylation is 1. The molecule has 0 aliphatic rings. The first-order chi connectivity index (χ1) is 16.0. The number of halogens is 1. The van der Waals surface area contributed by atoms with Crippen molar-refractivity contribution < 1.29 is 14.0 Å². The van der Waals surface area contributed by atoms with Gasteiger partial charge in [-0.2, -0.15) is 0 Å². The fourth-order valence-corrected chi connectivity index (χ4v) is 3.81. The molecule has 5 heteroatoms. The Morgan fingerprint density at radius 1 is 0.909 bits per heavy atom. The summed E-state index contributed by atoms with van der Waals surface area (Å²) in [6, 6.07) is 23.0. The fraction of sp³-hybridized carbons (Fsp3) is 0.286. The first kappa shape index (κ1) is 24.2. The monoisotopic (exact) mass is 446 g/mol. The van der Waals surface area contributed by atoms with Crippen LogP contribution in [0.5, 0.6) is 0 Å². The number of carbonyl (C=O) groups excluding carboxylic acids is 2. The molecule has 0 fully saturated rings. The topological polar surface area (TPSA) is 49.4 Å². The lowest BCUT2D eigenvalue weighted by Gasteiger charge is -2.32. The van der Waals surface area contributed by atoms with Crippen LogP contribution in [-0.2, 0) is 29.0 Å². The number of carbonyl (C=O) groups is 2. The van der Waals surface area contributed by atoms with Crippen LogP contribution in [0.1, 0.15) is 35.6 Å². The van der Waals surface area contributed by atoms with Gasteiger partial charge in [-0.25, -0.2) is 4.39 Å². The van der Waals surface area contributed by atoms with Gasteiger partial charge in [0.25, 0.3) is 0 Å². The van der Waals surface area contributed by atoms with Gasteiger partial charge in [-0.3, -0.25) is 9.59 Å². The highest BCUT2D eigenvalue weighted by atomic mass is 19.1. The Hall–Kier alpha value is -3.47.